The van der Waals surface area contributed by atoms with Gasteiger partial charge in [-0.25, -0.2) is 0 Å². The number of anilines is 1. The molecule has 0 aliphatic carbocycles. The molecule has 0 radical (unpaired) electrons. The maximum absolute atomic E-state index is 12.5. The smallest absolute Gasteiger partial charge is 0.279 e. The van der Waals surface area contributed by atoms with Gasteiger partial charge in [0.15, 0.2) is 6.54 Å². The third-order valence-electron chi connectivity index (χ3n) is 4.41. The topological polar surface area (TPSA) is 85.9 Å². The summed E-state index contributed by atoms with van der Waals surface area (Å²) in [6.45, 7) is 2.82. The fraction of sp³-hybridized carbons (Fsp3) is 0.368. The molecule has 0 bridgehead atoms. The molecule has 0 spiro atoms. The van der Waals surface area contributed by atoms with Gasteiger partial charge < -0.3 is 20.7 Å². The molecule has 1 aliphatic rings. The SMILES string of the molecule is NC(=O)c1ccc(NC(=O)C[NH+](Cc2cccs2)C[C@H]2CCCO2)cc1. The summed E-state index contributed by atoms with van der Waals surface area (Å²) in [5.74, 6) is -0.535. The molecule has 2 atom stereocenters. The second-order valence-corrected chi connectivity index (χ2v) is 7.54. The first-order chi connectivity index (χ1) is 12.6. The van der Waals surface area contributed by atoms with Crippen molar-refractivity contribution in [3.63, 3.8) is 0 Å². The van der Waals surface area contributed by atoms with Crippen molar-refractivity contribution in [3.8, 4) is 0 Å². The number of hydrogen-bond acceptors (Lipinski definition) is 4. The van der Waals surface area contributed by atoms with E-state index in [4.69, 9.17) is 10.5 Å². The summed E-state index contributed by atoms with van der Waals surface area (Å²) in [5, 5.41) is 4.95. The molecule has 1 aliphatic heterocycles. The summed E-state index contributed by atoms with van der Waals surface area (Å²) in [6.07, 6.45) is 2.38. The molecule has 0 saturated carbocycles. The van der Waals surface area contributed by atoms with E-state index in [0.717, 1.165) is 32.5 Å². The van der Waals surface area contributed by atoms with E-state index in [1.54, 1.807) is 35.6 Å². The van der Waals surface area contributed by atoms with Crippen LogP contribution in [-0.2, 0) is 16.1 Å². The Hall–Kier alpha value is -2.22. The van der Waals surface area contributed by atoms with Crippen LogP contribution >= 0.6 is 11.3 Å². The largest absolute Gasteiger partial charge is 0.372 e. The van der Waals surface area contributed by atoms with E-state index in [1.807, 2.05) is 6.07 Å². The molecule has 2 heterocycles. The number of rotatable bonds is 8. The van der Waals surface area contributed by atoms with Crippen LogP contribution in [0.5, 0.6) is 0 Å². The third kappa shape index (κ3) is 5.39. The Kier molecular flexibility index (Phi) is 6.38. The number of primary amides is 1. The number of amides is 2. The van der Waals surface area contributed by atoms with Crippen molar-refractivity contribution in [2.24, 2.45) is 5.73 Å². The van der Waals surface area contributed by atoms with E-state index in [0.29, 0.717) is 17.8 Å². The van der Waals surface area contributed by atoms with E-state index in [2.05, 4.69) is 16.8 Å². The molecule has 138 valence electrons. The number of benzene rings is 1. The summed E-state index contributed by atoms with van der Waals surface area (Å²) >= 11 is 1.71. The highest BCUT2D eigenvalue weighted by Gasteiger charge is 2.24. The van der Waals surface area contributed by atoms with Gasteiger partial charge in [-0.05, 0) is 48.6 Å². The maximum Gasteiger partial charge on any atom is 0.279 e. The molecular weight excluding hydrogens is 350 g/mol. The number of ether oxygens (including phenoxy) is 1. The molecule has 6 nitrogen and oxygen atoms in total. The van der Waals surface area contributed by atoms with Crippen LogP contribution in [0.3, 0.4) is 0 Å². The molecular formula is C19H24N3O3S+. The van der Waals surface area contributed by atoms with Crippen LogP contribution in [0.25, 0.3) is 0 Å². The van der Waals surface area contributed by atoms with Crippen molar-refractivity contribution >= 4 is 28.8 Å². The molecule has 2 aromatic rings. The minimum Gasteiger partial charge on any atom is -0.372 e. The minimum atomic E-state index is -0.481. The van der Waals surface area contributed by atoms with E-state index in [-0.39, 0.29) is 12.0 Å². The zero-order valence-corrected chi connectivity index (χ0v) is 15.4. The van der Waals surface area contributed by atoms with E-state index < -0.39 is 5.91 Å². The highest BCUT2D eigenvalue weighted by Crippen LogP contribution is 2.11. The van der Waals surface area contributed by atoms with Crippen molar-refractivity contribution in [1.82, 2.24) is 0 Å². The van der Waals surface area contributed by atoms with Gasteiger partial charge in [-0.3, -0.25) is 9.59 Å². The Balaban J connectivity index is 1.58. The molecule has 26 heavy (non-hydrogen) atoms. The van der Waals surface area contributed by atoms with Gasteiger partial charge in [-0.15, -0.1) is 11.3 Å². The van der Waals surface area contributed by atoms with E-state index in [9.17, 15) is 9.59 Å². The Morgan fingerprint density at radius 3 is 2.69 bits per heavy atom. The summed E-state index contributed by atoms with van der Waals surface area (Å²) in [4.78, 5) is 26.0. The van der Waals surface area contributed by atoms with Gasteiger partial charge in [-0.1, -0.05) is 6.07 Å². The maximum atomic E-state index is 12.5. The fourth-order valence-electron chi connectivity index (χ4n) is 3.14. The molecule has 1 unspecified atom stereocenters. The van der Waals surface area contributed by atoms with Crippen LogP contribution < -0.4 is 16.0 Å². The monoisotopic (exact) mass is 374 g/mol. The highest BCUT2D eigenvalue weighted by atomic mass is 32.1. The number of hydrogen-bond donors (Lipinski definition) is 3. The van der Waals surface area contributed by atoms with E-state index >= 15 is 0 Å². The van der Waals surface area contributed by atoms with Gasteiger partial charge in [-0.2, -0.15) is 0 Å². The lowest BCUT2D eigenvalue weighted by atomic mass is 10.2. The number of nitrogens with two attached hydrogens (primary N) is 1. The van der Waals surface area contributed by atoms with Crippen molar-refractivity contribution in [2.45, 2.75) is 25.5 Å². The molecule has 3 rings (SSSR count). The zero-order chi connectivity index (χ0) is 18.4. The lowest BCUT2D eigenvalue weighted by Crippen LogP contribution is -3.12. The normalized spacial score (nSPS) is 17.8. The van der Waals surface area contributed by atoms with Crippen molar-refractivity contribution in [3.05, 3.63) is 52.2 Å². The molecule has 7 heteroatoms. The average molecular weight is 374 g/mol. The van der Waals surface area contributed by atoms with Crippen molar-refractivity contribution in [1.29, 1.82) is 0 Å². The molecule has 4 N–H and O–H groups in total. The van der Waals surface area contributed by atoms with Gasteiger partial charge in [0.25, 0.3) is 5.91 Å². The number of thiophene rings is 1. The lowest BCUT2D eigenvalue weighted by molar-refractivity contribution is -0.908. The molecule has 1 aromatic heterocycles. The second kappa shape index (κ2) is 8.93. The predicted octanol–water partition coefficient (Wildman–Crippen LogP) is 1.05. The lowest BCUT2D eigenvalue weighted by Gasteiger charge is -2.21. The van der Waals surface area contributed by atoms with Crippen LogP contribution in [0.15, 0.2) is 41.8 Å². The summed E-state index contributed by atoms with van der Waals surface area (Å²) < 4.78 is 5.75. The predicted molar refractivity (Wildman–Crippen MR) is 101 cm³/mol. The quantitative estimate of drug-likeness (QED) is 0.646. The standard InChI is InChI=1S/C19H23N3O3S/c20-19(24)14-5-7-15(8-6-14)21-18(23)13-22(11-16-3-1-9-25-16)12-17-4-2-10-26-17/h2,4-8,10,16H,1,3,9,11-13H2,(H2,20,24)(H,21,23)/p+1/t16-/m1/s1. The fourth-order valence-corrected chi connectivity index (χ4v) is 3.92. The Bertz CT molecular complexity index is 725. The molecule has 1 saturated heterocycles. The van der Waals surface area contributed by atoms with Crippen LogP contribution in [0.1, 0.15) is 28.1 Å². The highest BCUT2D eigenvalue weighted by molar-refractivity contribution is 7.09. The third-order valence-corrected chi connectivity index (χ3v) is 5.28. The van der Waals surface area contributed by atoms with Gasteiger partial charge in [0.1, 0.15) is 19.2 Å². The van der Waals surface area contributed by atoms with Crippen LogP contribution in [0, 0.1) is 0 Å². The van der Waals surface area contributed by atoms with Crippen LogP contribution in [0.2, 0.25) is 0 Å². The minimum absolute atomic E-state index is 0.0543. The number of quaternary nitrogens is 1. The molecule has 1 aromatic carbocycles. The molecule has 1 fully saturated rings. The van der Waals surface area contributed by atoms with Gasteiger partial charge >= 0.3 is 0 Å². The van der Waals surface area contributed by atoms with Crippen LogP contribution in [-0.4, -0.2) is 37.6 Å². The zero-order valence-electron chi connectivity index (χ0n) is 14.6. The Morgan fingerprint density at radius 1 is 1.27 bits per heavy atom. The average Bonchev–Trinajstić information content (AvgIpc) is 3.29. The summed E-state index contributed by atoms with van der Waals surface area (Å²) in [7, 11) is 0. The van der Waals surface area contributed by atoms with Gasteiger partial charge in [0.2, 0.25) is 5.91 Å². The number of nitrogens with one attached hydrogen (secondary N) is 2. The van der Waals surface area contributed by atoms with E-state index in [1.165, 1.54) is 9.78 Å². The first kappa shape index (κ1) is 18.6. The van der Waals surface area contributed by atoms with Crippen molar-refractivity contribution in [2.75, 3.05) is 25.0 Å². The first-order valence-electron chi connectivity index (χ1n) is 8.77. The number of carbonyl (C=O) groups is 2. The van der Waals surface area contributed by atoms with Crippen molar-refractivity contribution < 1.29 is 19.2 Å². The molecule has 2 amide bonds. The van der Waals surface area contributed by atoms with Gasteiger partial charge in [0, 0.05) is 17.9 Å². The van der Waals surface area contributed by atoms with Gasteiger partial charge in [0.05, 0.1) is 4.88 Å². The number of carbonyl (C=O) groups excluding carboxylic acids is 2. The summed E-state index contributed by atoms with van der Waals surface area (Å²) in [6, 6.07) is 10.7. The second-order valence-electron chi connectivity index (χ2n) is 6.51. The van der Waals surface area contributed by atoms with Crippen LogP contribution in [0.4, 0.5) is 5.69 Å². The Morgan fingerprint density at radius 2 is 2.08 bits per heavy atom. The Labute approximate surface area is 156 Å². The summed E-state index contributed by atoms with van der Waals surface area (Å²) in [5.41, 5.74) is 6.32. The first-order valence-corrected chi connectivity index (χ1v) is 9.65.